The number of nitrogen functional groups attached to an aromatic ring is 1. The van der Waals surface area contributed by atoms with Gasteiger partial charge in [0.2, 0.25) is 0 Å². The topological polar surface area (TPSA) is 55.6 Å². The summed E-state index contributed by atoms with van der Waals surface area (Å²) in [4.78, 5) is 14.0. The molecule has 2 rings (SSSR count). The summed E-state index contributed by atoms with van der Waals surface area (Å²) in [6.45, 7) is 2.35. The van der Waals surface area contributed by atoms with E-state index < -0.39 is 12.8 Å². The van der Waals surface area contributed by atoms with Crippen molar-refractivity contribution in [2.24, 2.45) is 0 Å². The Morgan fingerprint density at radius 1 is 1.15 bits per heavy atom. The van der Waals surface area contributed by atoms with Crippen molar-refractivity contribution in [2.45, 2.75) is 26.6 Å². The molecule has 2 N–H and O–H groups in total. The summed E-state index contributed by atoms with van der Waals surface area (Å²) in [5.41, 5.74) is 8.67. The lowest BCUT2D eigenvalue weighted by molar-refractivity contribution is -0.153. The summed E-state index contributed by atoms with van der Waals surface area (Å²) in [6.07, 6.45) is -4.39. The number of rotatable bonds is 5. The van der Waals surface area contributed by atoms with Crippen LogP contribution in [0.15, 0.2) is 36.4 Å². The van der Waals surface area contributed by atoms with Crippen molar-refractivity contribution < 1.29 is 22.7 Å². The van der Waals surface area contributed by atoms with Gasteiger partial charge in [0.25, 0.3) is 5.91 Å². The van der Waals surface area contributed by atoms with Crippen LogP contribution in [0.4, 0.5) is 18.9 Å². The van der Waals surface area contributed by atoms with E-state index in [9.17, 15) is 18.0 Å². The highest BCUT2D eigenvalue weighted by atomic mass is 35.5. The van der Waals surface area contributed by atoms with Crippen LogP contribution < -0.4 is 10.5 Å². The van der Waals surface area contributed by atoms with Crippen molar-refractivity contribution in [3.8, 4) is 5.75 Å². The highest BCUT2D eigenvalue weighted by Gasteiger charge is 2.29. The summed E-state index contributed by atoms with van der Waals surface area (Å²) in [5.74, 6) is 0.0286. The SMILES string of the molecule is Cc1cc(CN(C)C(=O)c2cccc(N)c2)cc(C)c1OCC(F)(F)F.Cl. The van der Waals surface area contributed by atoms with Crippen LogP contribution in [-0.4, -0.2) is 30.6 Å². The fourth-order valence-corrected chi connectivity index (χ4v) is 2.75. The molecular weight excluding hydrogens is 381 g/mol. The Kier molecular flexibility index (Phi) is 7.54. The van der Waals surface area contributed by atoms with Gasteiger partial charge in [0.05, 0.1) is 0 Å². The molecule has 0 spiro atoms. The summed E-state index contributed by atoms with van der Waals surface area (Å²) >= 11 is 0. The molecule has 0 atom stereocenters. The van der Waals surface area contributed by atoms with Crippen molar-refractivity contribution in [1.29, 1.82) is 0 Å². The van der Waals surface area contributed by atoms with E-state index in [0.717, 1.165) is 5.56 Å². The maximum absolute atomic E-state index is 12.5. The molecule has 0 saturated carbocycles. The van der Waals surface area contributed by atoms with Crippen molar-refractivity contribution in [3.63, 3.8) is 0 Å². The molecule has 0 heterocycles. The largest absolute Gasteiger partial charge is 0.484 e. The first kappa shape index (κ1) is 22.6. The Labute approximate surface area is 162 Å². The quantitative estimate of drug-likeness (QED) is 0.748. The molecular formula is C19H22ClF3N2O2. The van der Waals surface area contributed by atoms with Gasteiger partial charge in [0.1, 0.15) is 5.75 Å². The number of carbonyl (C=O) groups is 1. The lowest BCUT2D eigenvalue weighted by Crippen LogP contribution is -2.26. The molecule has 0 unspecified atom stereocenters. The first-order chi connectivity index (χ1) is 12.1. The van der Waals surface area contributed by atoms with Gasteiger partial charge in [0, 0.05) is 24.8 Å². The van der Waals surface area contributed by atoms with E-state index in [1.54, 1.807) is 57.3 Å². The number of benzene rings is 2. The van der Waals surface area contributed by atoms with E-state index in [4.69, 9.17) is 10.5 Å². The molecule has 148 valence electrons. The smallest absolute Gasteiger partial charge is 0.422 e. The summed E-state index contributed by atoms with van der Waals surface area (Å²) in [7, 11) is 1.66. The lowest BCUT2D eigenvalue weighted by atomic mass is 10.0. The maximum atomic E-state index is 12.5. The minimum Gasteiger partial charge on any atom is -0.484 e. The van der Waals surface area contributed by atoms with Crippen LogP contribution in [0.3, 0.4) is 0 Å². The number of ether oxygens (including phenoxy) is 1. The number of halogens is 4. The zero-order valence-electron chi connectivity index (χ0n) is 15.3. The van der Waals surface area contributed by atoms with Gasteiger partial charge in [-0.1, -0.05) is 18.2 Å². The van der Waals surface area contributed by atoms with E-state index in [-0.39, 0.29) is 24.1 Å². The van der Waals surface area contributed by atoms with E-state index in [2.05, 4.69) is 0 Å². The highest BCUT2D eigenvalue weighted by molar-refractivity contribution is 5.94. The second-order valence-corrected chi connectivity index (χ2v) is 6.25. The minimum absolute atomic E-state index is 0. The molecule has 0 saturated heterocycles. The third kappa shape index (κ3) is 6.36. The molecule has 0 radical (unpaired) electrons. The molecule has 2 aromatic carbocycles. The zero-order valence-corrected chi connectivity index (χ0v) is 16.1. The summed E-state index contributed by atoms with van der Waals surface area (Å²) in [6, 6.07) is 10.1. The molecule has 27 heavy (non-hydrogen) atoms. The predicted octanol–water partition coefficient (Wildman–Crippen LogP) is 4.52. The van der Waals surface area contributed by atoms with Gasteiger partial charge in [-0.05, 0) is 48.7 Å². The van der Waals surface area contributed by atoms with Crippen molar-refractivity contribution >= 4 is 24.0 Å². The number of aryl methyl sites for hydroxylation is 2. The highest BCUT2D eigenvalue weighted by Crippen LogP contribution is 2.27. The van der Waals surface area contributed by atoms with Crippen LogP contribution in [0.2, 0.25) is 0 Å². The van der Waals surface area contributed by atoms with E-state index >= 15 is 0 Å². The number of anilines is 1. The number of hydrogen-bond donors (Lipinski definition) is 1. The molecule has 0 aliphatic rings. The fraction of sp³-hybridized carbons (Fsp3) is 0.316. The first-order valence-electron chi connectivity index (χ1n) is 7.97. The maximum Gasteiger partial charge on any atom is 0.422 e. The van der Waals surface area contributed by atoms with Crippen LogP contribution in [0.1, 0.15) is 27.0 Å². The molecule has 0 aliphatic heterocycles. The van der Waals surface area contributed by atoms with Gasteiger partial charge in [0.15, 0.2) is 6.61 Å². The van der Waals surface area contributed by atoms with Crippen molar-refractivity contribution in [2.75, 3.05) is 19.4 Å². The van der Waals surface area contributed by atoms with Crippen LogP contribution in [0.25, 0.3) is 0 Å². The Morgan fingerprint density at radius 2 is 1.74 bits per heavy atom. The van der Waals surface area contributed by atoms with Crippen molar-refractivity contribution in [3.05, 3.63) is 58.7 Å². The average molecular weight is 403 g/mol. The molecule has 2 aromatic rings. The van der Waals surface area contributed by atoms with E-state index in [0.29, 0.717) is 28.9 Å². The van der Waals surface area contributed by atoms with Crippen LogP contribution in [0.5, 0.6) is 5.75 Å². The first-order valence-corrected chi connectivity index (χ1v) is 7.97. The van der Waals surface area contributed by atoms with Crippen LogP contribution >= 0.6 is 12.4 Å². The van der Waals surface area contributed by atoms with Crippen molar-refractivity contribution in [1.82, 2.24) is 4.90 Å². The third-order valence-electron chi connectivity index (χ3n) is 3.80. The average Bonchev–Trinajstić information content (AvgIpc) is 2.52. The van der Waals surface area contributed by atoms with Gasteiger partial charge >= 0.3 is 6.18 Å². The van der Waals surface area contributed by atoms with E-state index in [1.165, 1.54) is 4.90 Å². The van der Waals surface area contributed by atoms with Gasteiger partial charge in [-0.15, -0.1) is 12.4 Å². The number of hydrogen-bond acceptors (Lipinski definition) is 3. The summed E-state index contributed by atoms with van der Waals surface area (Å²) in [5, 5.41) is 0. The standard InChI is InChI=1S/C19H21F3N2O2.ClH/c1-12-7-14(8-13(2)17(12)26-11-19(20,21)22)10-24(3)18(25)15-5-4-6-16(23)9-15;/h4-9H,10-11,23H2,1-3H3;1H. The van der Waals surface area contributed by atoms with Gasteiger partial charge in [-0.3, -0.25) is 4.79 Å². The third-order valence-corrected chi connectivity index (χ3v) is 3.80. The molecule has 0 bridgehead atoms. The monoisotopic (exact) mass is 402 g/mol. The van der Waals surface area contributed by atoms with Crippen LogP contribution in [0, 0.1) is 13.8 Å². The number of amides is 1. The normalized spacial score (nSPS) is 10.9. The minimum atomic E-state index is -4.39. The Morgan fingerprint density at radius 3 is 2.26 bits per heavy atom. The van der Waals surface area contributed by atoms with Gasteiger partial charge in [-0.2, -0.15) is 13.2 Å². The number of alkyl halides is 3. The molecule has 8 heteroatoms. The van der Waals surface area contributed by atoms with Gasteiger partial charge in [-0.25, -0.2) is 0 Å². The molecule has 1 amide bonds. The molecule has 0 aliphatic carbocycles. The molecule has 0 aromatic heterocycles. The fourth-order valence-electron chi connectivity index (χ4n) is 2.75. The predicted molar refractivity (Wildman–Crippen MR) is 101 cm³/mol. The molecule has 4 nitrogen and oxygen atoms in total. The van der Waals surface area contributed by atoms with Crippen LogP contribution in [-0.2, 0) is 6.54 Å². The Balaban J connectivity index is 0.00000364. The lowest BCUT2D eigenvalue weighted by Gasteiger charge is -2.20. The number of nitrogens with zero attached hydrogens (tertiary/aromatic N) is 1. The second kappa shape index (κ2) is 8.99. The van der Waals surface area contributed by atoms with E-state index in [1.807, 2.05) is 0 Å². The molecule has 0 fully saturated rings. The Bertz CT molecular complexity index is 787. The Hall–Kier alpha value is -2.41. The van der Waals surface area contributed by atoms with Gasteiger partial charge < -0.3 is 15.4 Å². The zero-order chi connectivity index (χ0) is 19.5. The summed E-state index contributed by atoms with van der Waals surface area (Å²) < 4.78 is 42.0. The number of carbonyl (C=O) groups excluding carboxylic acids is 1. The number of nitrogens with two attached hydrogens (primary N) is 1. The second-order valence-electron chi connectivity index (χ2n) is 6.25.